The van der Waals surface area contributed by atoms with Crippen LogP contribution in [0.1, 0.15) is 36.9 Å². The highest BCUT2D eigenvalue weighted by molar-refractivity contribution is 9.10. The molecule has 0 aliphatic heterocycles. The van der Waals surface area contributed by atoms with Crippen LogP contribution in [0.5, 0.6) is 0 Å². The van der Waals surface area contributed by atoms with Gasteiger partial charge in [0.05, 0.1) is 10.6 Å². The molecule has 99 valence electrons. The van der Waals surface area contributed by atoms with Gasteiger partial charge in [-0.15, -0.1) is 0 Å². The normalized spacial score (nSPS) is 16.1. The molecule has 0 N–H and O–H groups in total. The fourth-order valence-electron chi connectivity index (χ4n) is 2.73. The Balaban J connectivity index is 1.91. The number of rotatable bonds is 3. The molecular weight excluding hydrogens is 318 g/mol. The first kappa shape index (κ1) is 13.3. The van der Waals surface area contributed by atoms with E-state index in [0.717, 1.165) is 10.9 Å². The van der Waals surface area contributed by atoms with Crippen molar-refractivity contribution in [2.45, 2.75) is 39.0 Å². The summed E-state index contributed by atoms with van der Waals surface area (Å²) in [5.74, 6) is 1.71. The van der Waals surface area contributed by atoms with Crippen molar-refractivity contribution < 1.29 is 0 Å². The Morgan fingerprint density at radius 1 is 1.16 bits per heavy atom. The standard InChI is InChI=1S/C16H17BrNS/c1-11-15(10-12-4-2-3-5-12)16(19-18-11)13-6-8-14(17)9-7-13/h6-9H,2-5,10H2,1H3. The van der Waals surface area contributed by atoms with Crippen LogP contribution in [0, 0.1) is 12.8 Å². The van der Waals surface area contributed by atoms with Gasteiger partial charge >= 0.3 is 0 Å². The molecule has 1 heterocycles. The van der Waals surface area contributed by atoms with E-state index < -0.39 is 0 Å². The lowest BCUT2D eigenvalue weighted by molar-refractivity contribution is 0.834. The fourth-order valence-corrected chi connectivity index (χ4v) is 3.90. The number of hydrogen-bond donors (Lipinski definition) is 0. The Morgan fingerprint density at radius 3 is 2.53 bits per heavy atom. The topological polar surface area (TPSA) is 12.9 Å². The molecule has 1 aliphatic rings. The van der Waals surface area contributed by atoms with Crippen LogP contribution in [0.4, 0.5) is 0 Å². The van der Waals surface area contributed by atoms with Crippen molar-refractivity contribution in [3.63, 3.8) is 0 Å². The maximum Gasteiger partial charge on any atom is 0.0584 e. The molecule has 0 amide bonds. The van der Waals surface area contributed by atoms with E-state index in [-0.39, 0.29) is 0 Å². The molecule has 1 saturated carbocycles. The third-order valence-corrected chi connectivity index (χ3v) is 5.39. The van der Waals surface area contributed by atoms with Crippen LogP contribution in [-0.4, -0.2) is 4.37 Å². The summed E-state index contributed by atoms with van der Waals surface area (Å²) < 4.78 is 5.70. The average Bonchev–Trinajstić information content (AvgIpc) is 3.03. The summed E-state index contributed by atoms with van der Waals surface area (Å²) in [6.45, 7) is 2.14. The van der Waals surface area contributed by atoms with E-state index >= 15 is 0 Å². The van der Waals surface area contributed by atoms with Crippen molar-refractivity contribution in [2.24, 2.45) is 0 Å². The summed E-state index contributed by atoms with van der Waals surface area (Å²) in [4.78, 5) is 1.35. The Bertz CT molecular complexity index is 553. The second kappa shape index (κ2) is 5.76. The first-order chi connectivity index (χ1) is 9.24. The highest BCUT2D eigenvalue weighted by atomic mass is 79.9. The van der Waals surface area contributed by atoms with Gasteiger partial charge in [-0.3, -0.25) is 0 Å². The molecule has 3 heteroatoms. The summed E-state index contributed by atoms with van der Waals surface area (Å²) in [5.41, 5.74) is 3.95. The second-order valence-electron chi connectivity index (χ2n) is 5.22. The van der Waals surface area contributed by atoms with E-state index in [1.165, 1.54) is 47.4 Å². The van der Waals surface area contributed by atoms with Crippen LogP contribution in [-0.2, 0) is 6.42 Å². The Morgan fingerprint density at radius 2 is 1.84 bits per heavy atom. The minimum atomic E-state index is 1.13. The van der Waals surface area contributed by atoms with Gasteiger partial charge in [0.15, 0.2) is 0 Å². The summed E-state index contributed by atoms with van der Waals surface area (Å²) in [6, 6.07) is 8.58. The van der Waals surface area contributed by atoms with Gasteiger partial charge in [-0.25, -0.2) is 0 Å². The van der Waals surface area contributed by atoms with Crippen molar-refractivity contribution in [3.05, 3.63) is 45.9 Å². The molecule has 1 nitrogen and oxygen atoms in total. The van der Waals surface area contributed by atoms with E-state index in [1.807, 2.05) is 0 Å². The largest absolute Gasteiger partial charge is 0.197 e. The van der Waals surface area contributed by atoms with Gasteiger partial charge < -0.3 is 0 Å². The molecule has 1 aliphatic carbocycles. The highest BCUT2D eigenvalue weighted by Gasteiger charge is 2.21. The number of benzene rings is 1. The summed E-state index contributed by atoms with van der Waals surface area (Å²) in [6.07, 6.45) is 6.51. The van der Waals surface area contributed by atoms with E-state index in [4.69, 9.17) is 0 Å². The lowest BCUT2D eigenvalue weighted by atomic mass is 9.95. The molecule has 1 aromatic carbocycles. The number of nitrogens with zero attached hydrogens (tertiary/aromatic N) is 1. The van der Waals surface area contributed by atoms with Crippen molar-refractivity contribution in [1.29, 1.82) is 0 Å². The highest BCUT2D eigenvalue weighted by Crippen LogP contribution is 2.37. The minimum absolute atomic E-state index is 1.13. The SMILES string of the molecule is Cc1nsc(-c2ccc(Br)cc2)c1C[C]1CCCC1. The molecule has 1 radical (unpaired) electrons. The number of aryl methyl sites for hydroxylation is 1. The van der Waals surface area contributed by atoms with E-state index in [2.05, 4.69) is 51.5 Å². The molecule has 0 saturated heterocycles. The van der Waals surface area contributed by atoms with Crippen LogP contribution in [0.15, 0.2) is 28.7 Å². The predicted octanol–water partition coefficient (Wildman–Crippen LogP) is 5.57. The van der Waals surface area contributed by atoms with Gasteiger partial charge in [-0.05, 0) is 66.9 Å². The zero-order chi connectivity index (χ0) is 13.2. The Kier molecular flexibility index (Phi) is 4.04. The van der Waals surface area contributed by atoms with Crippen molar-refractivity contribution in [2.75, 3.05) is 0 Å². The lowest BCUT2D eigenvalue weighted by Crippen LogP contribution is -1.98. The van der Waals surface area contributed by atoms with E-state index in [1.54, 1.807) is 17.5 Å². The molecule has 1 aromatic heterocycles. The molecule has 19 heavy (non-hydrogen) atoms. The van der Waals surface area contributed by atoms with Crippen molar-refractivity contribution in [1.82, 2.24) is 4.37 Å². The second-order valence-corrected chi connectivity index (χ2v) is 6.91. The lowest BCUT2D eigenvalue weighted by Gasteiger charge is -2.10. The zero-order valence-electron chi connectivity index (χ0n) is 11.1. The van der Waals surface area contributed by atoms with Gasteiger partial charge in [0.25, 0.3) is 0 Å². The summed E-state index contributed by atoms with van der Waals surface area (Å²) in [5, 5.41) is 0. The van der Waals surface area contributed by atoms with Crippen LogP contribution >= 0.6 is 27.5 Å². The average molecular weight is 335 g/mol. The quantitative estimate of drug-likeness (QED) is 0.714. The van der Waals surface area contributed by atoms with Crippen LogP contribution in [0.25, 0.3) is 10.4 Å². The first-order valence-corrected chi connectivity index (χ1v) is 8.35. The Labute approximate surface area is 127 Å². The van der Waals surface area contributed by atoms with Crippen LogP contribution in [0.3, 0.4) is 0 Å². The van der Waals surface area contributed by atoms with E-state index in [0.29, 0.717) is 0 Å². The monoisotopic (exact) mass is 334 g/mol. The molecular formula is C16H17BrNS. The van der Waals surface area contributed by atoms with Crippen LogP contribution in [0.2, 0.25) is 0 Å². The van der Waals surface area contributed by atoms with Crippen LogP contribution < -0.4 is 0 Å². The molecule has 0 spiro atoms. The van der Waals surface area contributed by atoms with Gasteiger partial charge in [0.2, 0.25) is 0 Å². The fraction of sp³-hybridized carbons (Fsp3) is 0.375. The molecule has 1 fully saturated rings. The maximum atomic E-state index is 4.57. The van der Waals surface area contributed by atoms with Gasteiger partial charge in [0.1, 0.15) is 0 Å². The molecule has 0 atom stereocenters. The van der Waals surface area contributed by atoms with Gasteiger partial charge in [-0.2, -0.15) is 4.37 Å². The number of halogens is 1. The number of aromatic nitrogens is 1. The molecule has 0 bridgehead atoms. The molecule has 3 rings (SSSR count). The summed E-state index contributed by atoms with van der Waals surface area (Å²) in [7, 11) is 0. The smallest absolute Gasteiger partial charge is 0.0584 e. The van der Waals surface area contributed by atoms with Gasteiger partial charge in [0, 0.05) is 4.47 Å². The third-order valence-electron chi connectivity index (χ3n) is 3.83. The third kappa shape index (κ3) is 2.92. The summed E-state index contributed by atoms with van der Waals surface area (Å²) >= 11 is 5.14. The maximum absolute atomic E-state index is 4.57. The molecule has 0 unspecified atom stereocenters. The first-order valence-electron chi connectivity index (χ1n) is 6.78. The Hall–Kier alpha value is -0.670. The van der Waals surface area contributed by atoms with Crippen molar-refractivity contribution >= 4 is 27.5 Å². The van der Waals surface area contributed by atoms with Gasteiger partial charge in [-0.1, -0.05) is 40.9 Å². The van der Waals surface area contributed by atoms with E-state index in [9.17, 15) is 0 Å². The zero-order valence-corrected chi connectivity index (χ0v) is 13.5. The molecule has 2 aromatic rings. The predicted molar refractivity (Wildman–Crippen MR) is 85.4 cm³/mol. The van der Waals surface area contributed by atoms with Crippen molar-refractivity contribution in [3.8, 4) is 10.4 Å². The number of hydrogen-bond acceptors (Lipinski definition) is 2. The minimum Gasteiger partial charge on any atom is -0.197 e.